The van der Waals surface area contributed by atoms with Crippen molar-refractivity contribution in [2.24, 2.45) is 0 Å². The monoisotopic (exact) mass is 598 g/mol. The zero-order chi connectivity index (χ0) is 25.2. The van der Waals surface area contributed by atoms with Crippen molar-refractivity contribution in [3.05, 3.63) is 92.5 Å². The molecule has 2 aliphatic heterocycles. The first-order valence-electron chi connectivity index (χ1n) is 12.2. The van der Waals surface area contributed by atoms with E-state index in [1.165, 1.54) is 22.3 Å². The summed E-state index contributed by atoms with van der Waals surface area (Å²) < 4.78 is 0.958. The number of hydrogen-bond acceptors (Lipinski definition) is 2. The second-order valence-electron chi connectivity index (χ2n) is 10.6. The first-order chi connectivity index (χ1) is 17.2. The Kier molecular flexibility index (Phi) is 6.62. The maximum absolute atomic E-state index is 5.11. The van der Waals surface area contributed by atoms with Crippen LogP contribution in [0.5, 0.6) is 0 Å². The first kappa shape index (κ1) is 25.8. The van der Waals surface area contributed by atoms with Gasteiger partial charge in [0.15, 0.2) is 0 Å². The minimum atomic E-state index is -0.0698. The van der Waals surface area contributed by atoms with E-state index in [0.29, 0.717) is 0 Å². The summed E-state index contributed by atoms with van der Waals surface area (Å²) in [5, 5.41) is 0. The topological polar surface area (TPSA) is 54.0 Å². The molecule has 37 heavy (non-hydrogen) atoms. The number of benzene rings is 1. The van der Waals surface area contributed by atoms with Crippen LogP contribution in [0.2, 0.25) is 0 Å². The molecule has 0 aliphatic carbocycles. The van der Waals surface area contributed by atoms with E-state index in [1.807, 2.05) is 18.2 Å². The molecule has 0 fully saturated rings. The fourth-order valence-corrected chi connectivity index (χ4v) is 5.82. The Morgan fingerprint density at radius 2 is 1.49 bits per heavy atom. The third-order valence-corrected chi connectivity index (χ3v) is 7.63. The molecule has 3 aromatic heterocycles. The van der Waals surface area contributed by atoms with Crippen LogP contribution in [-0.4, -0.2) is 9.97 Å². The van der Waals surface area contributed by atoms with Gasteiger partial charge in [0.1, 0.15) is 0 Å². The second-order valence-corrected chi connectivity index (χ2v) is 11.4. The number of aromatic nitrogens is 4. The van der Waals surface area contributed by atoms with Crippen molar-refractivity contribution in [2.45, 2.75) is 46.5 Å². The number of halogens is 1. The molecule has 4 nitrogen and oxygen atoms in total. The summed E-state index contributed by atoms with van der Waals surface area (Å²) in [6.45, 7) is 10.9. The molecule has 8 bridgehead atoms. The van der Waals surface area contributed by atoms with Gasteiger partial charge in [-0.2, -0.15) is 0 Å². The predicted molar refractivity (Wildman–Crippen MR) is 152 cm³/mol. The molecule has 6 heteroatoms. The third-order valence-electron chi connectivity index (χ3n) is 7.00. The van der Waals surface area contributed by atoms with Crippen LogP contribution >= 0.6 is 15.9 Å². The van der Waals surface area contributed by atoms with Crippen LogP contribution in [0.4, 0.5) is 0 Å². The van der Waals surface area contributed by atoms with Crippen LogP contribution in [-0.2, 0) is 31.3 Å². The van der Waals surface area contributed by atoms with Gasteiger partial charge in [0.2, 0.25) is 0 Å². The molecular formula is C31H27BrN4Zn. The molecule has 0 radical (unpaired) electrons. The van der Waals surface area contributed by atoms with Crippen LogP contribution in [0.25, 0.3) is 45.3 Å². The normalized spacial score (nSPS) is 14.0. The smallest absolute Gasteiger partial charge is 0.658 e. The van der Waals surface area contributed by atoms with Crippen LogP contribution < -0.4 is 9.97 Å². The van der Waals surface area contributed by atoms with Gasteiger partial charge in [-0.1, -0.05) is 83.9 Å². The average Bonchev–Trinajstić information content (AvgIpc) is 3.55. The van der Waals surface area contributed by atoms with E-state index in [1.54, 1.807) is 0 Å². The molecule has 4 aromatic rings. The van der Waals surface area contributed by atoms with Gasteiger partial charge in [-0.15, -0.1) is 22.1 Å². The molecule has 0 amide bonds. The molecule has 0 spiro atoms. The summed E-state index contributed by atoms with van der Waals surface area (Å²) in [4.78, 5) is 20.0. The van der Waals surface area contributed by atoms with E-state index >= 15 is 0 Å². The van der Waals surface area contributed by atoms with Crippen LogP contribution in [0, 0.1) is 20.8 Å². The molecule has 0 atom stereocenters. The molecular weight excluding hydrogens is 574 g/mol. The van der Waals surface area contributed by atoms with E-state index in [-0.39, 0.29) is 24.9 Å². The van der Waals surface area contributed by atoms with Crippen LogP contribution in [0.15, 0.2) is 53.0 Å². The molecule has 180 valence electrons. The zero-order valence-electron chi connectivity index (χ0n) is 21.9. The summed E-state index contributed by atoms with van der Waals surface area (Å²) in [5.41, 5.74) is 13.3. The zero-order valence-corrected chi connectivity index (χ0v) is 26.4. The molecule has 1 aromatic carbocycles. The van der Waals surface area contributed by atoms with Gasteiger partial charge in [0, 0.05) is 27.7 Å². The SMILES string of the molecule is Cc1cc(C)c(-c2c3nc(cc4ccc(cc5nc(cc6[n-]c2cc6Br)CC5(C)C)[n-]4)C=C3)c(C)c1.[Zn+2]. The van der Waals surface area contributed by atoms with E-state index in [4.69, 9.17) is 19.9 Å². The van der Waals surface area contributed by atoms with Crippen molar-refractivity contribution in [2.75, 3.05) is 0 Å². The molecule has 6 rings (SSSR count). The van der Waals surface area contributed by atoms with E-state index < -0.39 is 0 Å². The minimum Gasteiger partial charge on any atom is -0.658 e. The number of fused-ring (bicyclic) bond motifs is 8. The van der Waals surface area contributed by atoms with Gasteiger partial charge < -0.3 is 9.97 Å². The molecule has 0 saturated carbocycles. The Morgan fingerprint density at radius 1 is 0.784 bits per heavy atom. The number of aryl methyl sites for hydroxylation is 3. The van der Waals surface area contributed by atoms with Crippen molar-refractivity contribution in [1.29, 1.82) is 0 Å². The van der Waals surface area contributed by atoms with Crippen molar-refractivity contribution in [3.63, 3.8) is 0 Å². The summed E-state index contributed by atoms with van der Waals surface area (Å²) in [5.74, 6) is 0. The van der Waals surface area contributed by atoms with Crippen LogP contribution in [0.1, 0.15) is 53.3 Å². The summed E-state index contributed by atoms with van der Waals surface area (Å²) in [7, 11) is 0. The number of hydrogen-bond donors (Lipinski definition) is 0. The third kappa shape index (κ3) is 4.78. The van der Waals surface area contributed by atoms with Gasteiger partial charge in [0.25, 0.3) is 0 Å². The van der Waals surface area contributed by atoms with Gasteiger partial charge in [-0.25, -0.2) is 4.98 Å². The fraction of sp³-hybridized carbons (Fsp3) is 0.226. The van der Waals surface area contributed by atoms with Gasteiger partial charge in [0.05, 0.1) is 11.4 Å². The Labute approximate surface area is 238 Å². The van der Waals surface area contributed by atoms with Crippen molar-refractivity contribution in [1.82, 2.24) is 19.9 Å². The maximum Gasteiger partial charge on any atom is 2.00 e. The Bertz CT molecular complexity index is 1720. The quantitative estimate of drug-likeness (QED) is 0.186. The standard InChI is InChI=1S/C31H27BrN4.Zn/c1-17-10-18(2)29(19(3)11-17)30-25-9-8-21(34-25)12-20-6-7-22(33-20)14-28-31(4,5)16-23(35-28)13-26-24(32)15-27(30)36-26;/h6-15H,16H2,1-5H3;/q-2;+2. The van der Waals surface area contributed by atoms with Crippen molar-refractivity contribution >= 4 is 50.1 Å². The fourth-order valence-electron chi connectivity index (χ4n) is 5.40. The van der Waals surface area contributed by atoms with E-state index in [9.17, 15) is 0 Å². The van der Waals surface area contributed by atoms with Gasteiger partial charge in [-0.05, 0) is 55.2 Å². The van der Waals surface area contributed by atoms with E-state index in [0.717, 1.165) is 61.3 Å². The maximum atomic E-state index is 5.11. The molecule has 0 N–H and O–H groups in total. The first-order valence-corrected chi connectivity index (χ1v) is 13.0. The minimum absolute atomic E-state index is 0. The molecule has 2 aliphatic rings. The molecule has 5 heterocycles. The van der Waals surface area contributed by atoms with Gasteiger partial charge in [-0.3, -0.25) is 4.98 Å². The summed E-state index contributed by atoms with van der Waals surface area (Å²) in [6.07, 6.45) is 5.00. The second kappa shape index (κ2) is 9.49. The van der Waals surface area contributed by atoms with E-state index in [2.05, 4.69) is 93.0 Å². The number of nitrogens with zero attached hydrogens (tertiary/aromatic N) is 4. The molecule has 0 saturated heterocycles. The average molecular weight is 601 g/mol. The number of rotatable bonds is 1. The predicted octanol–water partition coefficient (Wildman–Crippen LogP) is 7.62. The Morgan fingerprint density at radius 3 is 2.22 bits per heavy atom. The summed E-state index contributed by atoms with van der Waals surface area (Å²) >= 11 is 3.78. The largest absolute Gasteiger partial charge is 2.00 e. The van der Waals surface area contributed by atoms with Crippen molar-refractivity contribution in [3.8, 4) is 11.1 Å². The van der Waals surface area contributed by atoms with Crippen LogP contribution in [0.3, 0.4) is 0 Å². The Hall–Kier alpha value is -2.82. The van der Waals surface area contributed by atoms with Gasteiger partial charge >= 0.3 is 19.5 Å². The molecule has 0 unspecified atom stereocenters. The summed E-state index contributed by atoms with van der Waals surface area (Å²) in [6, 6.07) is 16.9. The Balaban J connectivity index is 0.00000280. The van der Waals surface area contributed by atoms with Crippen molar-refractivity contribution < 1.29 is 19.5 Å².